The Bertz CT molecular complexity index is 961. The highest BCUT2D eigenvalue weighted by Gasteiger charge is 2.52. The number of carbonyl (C=O) groups is 1. The van der Waals surface area contributed by atoms with Gasteiger partial charge in [0, 0.05) is 5.92 Å². The van der Waals surface area contributed by atoms with Crippen molar-refractivity contribution in [1.82, 2.24) is 4.90 Å². The van der Waals surface area contributed by atoms with Gasteiger partial charge in [-0.25, -0.2) is 0 Å². The van der Waals surface area contributed by atoms with E-state index >= 15 is 0 Å². The summed E-state index contributed by atoms with van der Waals surface area (Å²) in [7, 11) is 3.33. The molecule has 4 rings (SSSR count). The molecule has 4 heteroatoms. The van der Waals surface area contributed by atoms with Crippen molar-refractivity contribution in [3.8, 4) is 5.75 Å². The summed E-state index contributed by atoms with van der Waals surface area (Å²) in [5, 5.41) is 0. The summed E-state index contributed by atoms with van der Waals surface area (Å²) in [5.41, 5.74) is 1.70. The molecule has 0 bridgehead atoms. The molecule has 0 saturated carbocycles. The van der Waals surface area contributed by atoms with Crippen molar-refractivity contribution >= 4 is 5.91 Å². The van der Waals surface area contributed by atoms with Crippen molar-refractivity contribution in [3.05, 3.63) is 89.7 Å². The smallest absolute Gasteiger partial charge is 0.231 e. The summed E-state index contributed by atoms with van der Waals surface area (Å²) in [6.07, 6.45) is 5.98. The molecular weight excluding hydrogens is 362 g/mol. The number of nitrogens with zero attached hydrogens (tertiary/aromatic N) is 1. The Kier molecular flexibility index (Phi) is 4.95. The topological polar surface area (TPSA) is 38.8 Å². The lowest BCUT2D eigenvalue weighted by molar-refractivity contribution is -0.136. The number of ether oxygens (including phenoxy) is 2. The number of hydrogen-bond donors (Lipinski definition) is 0. The van der Waals surface area contributed by atoms with Crippen LogP contribution >= 0.6 is 0 Å². The van der Waals surface area contributed by atoms with Crippen LogP contribution in [-0.2, 0) is 15.1 Å². The molecule has 0 aromatic heterocycles. The van der Waals surface area contributed by atoms with Crippen LogP contribution in [0.15, 0.2) is 78.6 Å². The fourth-order valence-corrected chi connectivity index (χ4v) is 4.62. The molecular formula is C25H27NO3. The first-order valence-corrected chi connectivity index (χ1v) is 9.94. The highest BCUT2D eigenvalue weighted by Crippen LogP contribution is 2.51. The molecule has 4 nitrogen and oxygen atoms in total. The van der Waals surface area contributed by atoms with Crippen LogP contribution in [0.1, 0.15) is 31.0 Å². The van der Waals surface area contributed by atoms with Crippen LogP contribution in [0, 0.1) is 11.8 Å². The Morgan fingerprint density at radius 3 is 2.41 bits per heavy atom. The van der Waals surface area contributed by atoms with E-state index in [1.165, 1.54) is 0 Å². The highest BCUT2D eigenvalue weighted by atomic mass is 16.5. The molecule has 2 aromatic rings. The molecule has 29 heavy (non-hydrogen) atoms. The number of likely N-dealkylation sites (tertiary alicyclic amines) is 1. The van der Waals surface area contributed by atoms with E-state index in [2.05, 4.69) is 38.1 Å². The van der Waals surface area contributed by atoms with Gasteiger partial charge in [-0.2, -0.15) is 0 Å². The molecule has 1 saturated heterocycles. The minimum absolute atomic E-state index is 0.00227. The lowest BCUT2D eigenvalue weighted by Gasteiger charge is -2.41. The van der Waals surface area contributed by atoms with Crippen molar-refractivity contribution in [3.63, 3.8) is 0 Å². The largest absolute Gasteiger partial charge is 0.497 e. The zero-order chi connectivity index (χ0) is 20.6. The van der Waals surface area contributed by atoms with Gasteiger partial charge in [-0.3, -0.25) is 4.79 Å². The first-order chi connectivity index (χ1) is 14.0. The normalized spacial score (nSPS) is 23.6. The Labute approximate surface area is 172 Å². The van der Waals surface area contributed by atoms with E-state index in [9.17, 15) is 4.79 Å². The van der Waals surface area contributed by atoms with Crippen molar-refractivity contribution in [1.29, 1.82) is 0 Å². The van der Waals surface area contributed by atoms with Crippen LogP contribution in [0.2, 0.25) is 0 Å². The summed E-state index contributed by atoms with van der Waals surface area (Å²) in [5.74, 6) is 1.52. The van der Waals surface area contributed by atoms with Crippen LogP contribution in [0.5, 0.6) is 5.75 Å². The monoisotopic (exact) mass is 389 g/mol. The standard InChI is InChI=1S/C25H27NO3/c1-25(2,18-10-6-5-7-11-18)26-23(17-9-8-12-19(15-17)28-3)22-16-20(29-4)13-14-21(22)24(26)27/h5-16,21-23H,1-4H3/t21-,22+,23-/m1/s1. The third-order valence-electron chi connectivity index (χ3n) is 6.16. The summed E-state index contributed by atoms with van der Waals surface area (Å²) in [6.45, 7) is 4.24. The fraction of sp³-hybridized carbons (Fsp3) is 0.320. The number of amides is 1. The number of allylic oxidation sites excluding steroid dienone is 1. The summed E-state index contributed by atoms with van der Waals surface area (Å²) in [6, 6.07) is 18.1. The molecule has 0 radical (unpaired) electrons. The van der Waals surface area contributed by atoms with E-state index in [4.69, 9.17) is 9.47 Å². The van der Waals surface area contributed by atoms with E-state index in [0.29, 0.717) is 0 Å². The quantitative estimate of drug-likeness (QED) is 0.734. The van der Waals surface area contributed by atoms with Crippen molar-refractivity contribution in [2.75, 3.05) is 14.2 Å². The van der Waals surface area contributed by atoms with E-state index in [1.54, 1.807) is 14.2 Å². The third-order valence-corrected chi connectivity index (χ3v) is 6.16. The molecule has 1 fully saturated rings. The highest BCUT2D eigenvalue weighted by molar-refractivity contribution is 5.86. The van der Waals surface area contributed by atoms with E-state index in [1.807, 2.05) is 53.5 Å². The van der Waals surface area contributed by atoms with Gasteiger partial charge in [0.2, 0.25) is 5.91 Å². The number of methoxy groups -OCH3 is 2. The SMILES string of the molecule is COC1=C[C@@H]2[C@@H](c3cccc(OC)c3)N(C(C)(C)c3ccccc3)C(=O)[C@@H]2C=C1. The molecule has 150 valence electrons. The molecule has 2 aliphatic rings. The number of carbonyl (C=O) groups excluding carboxylic acids is 1. The Balaban J connectivity index is 1.87. The van der Waals surface area contributed by atoms with E-state index in [-0.39, 0.29) is 23.8 Å². The van der Waals surface area contributed by atoms with E-state index < -0.39 is 5.54 Å². The maximum absolute atomic E-state index is 13.7. The molecule has 3 atom stereocenters. The van der Waals surface area contributed by atoms with Crippen molar-refractivity contribution in [2.45, 2.75) is 25.4 Å². The second-order valence-electron chi connectivity index (χ2n) is 8.09. The molecule has 0 unspecified atom stereocenters. The lowest BCUT2D eigenvalue weighted by Crippen LogP contribution is -2.44. The van der Waals surface area contributed by atoms with Gasteiger partial charge in [0.25, 0.3) is 0 Å². The predicted molar refractivity (Wildman–Crippen MR) is 113 cm³/mol. The Morgan fingerprint density at radius 2 is 1.72 bits per heavy atom. The van der Waals surface area contributed by atoms with Gasteiger partial charge in [-0.1, -0.05) is 48.5 Å². The maximum atomic E-state index is 13.7. The van der Waals surface area contributed by atoms with Crippen molar-refractivity contribution in [2.24, 2.45) is 11.8 Å². The minimum atomic E-state index is -0.474. The zero-order valence-corrected chi connectivity index (χ0v) is 17.3. The van der Waals surface area contributed by atoms with Gasteiger partial charge in [-0.05, 0) is 49.3 Å². The molecule has 0 spiro atoms. The van der Waals surface area contributed by atoms with Gasteiger partial charge in [-0.15, -0.1) is 0 Å². The molecule has 1 amide bonds. The lowest BCUT2D eigenvalue weighted by atomic mass is 9.82. The summed E-state index contributed by atoms with van der Waals surface area (Å²) < 4.78 is 11.0. The van der Waals surface area contributed by atoms with Gasteiger partial charge < -0.3 is 14.4 Å². The van der Waals surface area contributed by atoms with Gasteiger partial charge >= 0.3 is 0 Å². The second kappa shape index (κ2) is 7.43. The van der Waals surface area contributed by atoms with Crippen molar-refractivity contribution < 1.29 is 14.3 Å². The molecule has 1 aliphatic heterocycles. The zero-order valence-electron chi connectivity index (χ0n) is 17.3. The average molecular weight is 389 g/mol. The summed E-state index contributed by atoms with van der Waals surface area (Å²) in [4.78, 5) is 15.7. The molecule has 0 N–H and O–H groups in total. The number of fused-ring (bicyclic) bond motifs is 1. The number of rotatable bonds is 5. The minimum Gasteiger partial charge on any atom is -0.497 e. The fourth-order valence-electron chi connectivity index (χ4n) is 4.62. The first kappa shape index (κ1) is 19.3. The van der Waals surface area contributed by atoms with Crippen LogP contribution in [0.25, 0.3) is 0 Å². The van der Waals surface area contributed by atoms with Crippen LogP contribution in [-0.4, -0.2) is 25.0 Å². The van der Waals surface area contributed by atoms with Crippen LogP contribution in [0.4, 0.5) is 0 Å². The van der Waals surface area contributed by atoms with Crippen LogP contribution < -0.4 is 4.74 Å². The van der Waals surface area contributed by atoms with Gasteiger partial charge in [0.1, 0.15) is 11.5 Å². The van der Waals surface area contributed by atoms with Gasteiger partial charge in [0.15, 0.2) is 0 Å². The predicted octanol–water partition coefficient (Wildman–Crippen LogP) is 4.85. The molecule has 2 aromatic carbocycles. The van der Waals surface area contributed by atoms with E-state index in [0.717, 1.165) is 22.6 Å². The van der Waals surface area contributed by atoms with Crippen LogP contribution in [0.3, 0.4) is 0 Å². The summed E-state index contributed by atoms with van der Waals surface area (Å²) >= 11 is 0. The average Bonchev–Trinajstić information content (AvgIpc) is 3.06. The molecule has 1 aliphatic carbocycles. The molecule has 1 heterocycles. The maximum Gasteiger partial charge on any atom is 0.231 e. The van der Waals surface area contributed by atoms with Gasteiger partial charge in [0.05, 0.1) is 31.7 Å². The first-order valence-electron chi connectivity index (χ1n) is 9.94. The third kappa shape index (κ3) is 3.23. The number of benzene rings is 2. The second-order valence-corrected chi connectivity index (χ2v) is 8.09. The Morgan fingerprint density at radius 1 is 0.966 bits per heavy atom. The number of hydrogen-bond acceptors (Lipinski definition) is 3. The Hall–Kier alpha value is -3.01.